The number of benzene rings is 2. The van der Waals surface area contributed by atoms with Crippen LogP contribution in [0.4, 0.5) is 0 Å². The average molecular weight is 563 g/mol. The fourth-order valence-electron chi connectivity index (χ4n) is 6.38. The predicted octanol–water partition coefficient (Wildman–Crippen LogP) is 5.74. The van der Waals surface area contributed by atoms with E-state index in [2.05, 4.69) is 29.7 Å². The summed E-state index contributed by atoms with van der Waals surface area (Å²) in [5.74, 6) is 2.64. The van der Waals surface area contributed by atoms with E-state index in [-0.39, 0.29) is 49.6 Å². The summed E-state index contributed by atoms with van der Waals surface area (Å²) in [4.78, 5) is 27.6. The molecule has 1 unspecified atom stereocenters. The Balaban J connectivity index is 1.35. The van der Waals surface area contributed by atoms with Crippen molar-refractivity contribution in [2.45, 2.75) is 70.4 Å². The van der Waals surface area contributed by atoms with Gasteiger partial charge in [0, 0.05) is 44.8 Å². The second kappa shape index (κ2) is 13.4. The predicted molar refractivity (Wildman–Crippen MR) is 156 cm³/mol. The van der Waals surface area contributed by atoms with Crippen molar-refractivity contribution in [2.24, 2.45) is 5.92 Å². The van der Waals surface area contributed by atoms with E-state index in [1.54, 1.807) is 7.11 Å². The van der Waals surface area contributed by atoms with Gasteiger partial charge in [-0.25, -0.2) is 0 Å². The number of fused-ring (bicyclic) bond motifs is 1. The third kappa shape index (κ3) is 7.22. The van der Waals surface area contributed by atoms with Gasteiger partial charge in [0.2, 0.25) is 11.8 Å². The van der Waals surface area contributed by atoms with E-state index >= 15 is 0 Å². The summed E-state index contributed by atoms with van der Waals surface area (Å²) in [6.07, 6.45) is 8.18. The van der Waals surface area contributed by atoms with Gasteiger partial charge in [0.25, 0.3) is 0 Å². The fourth-order valence-corrected chi connectivity index (χ4v) is 6.38. The van der Waals surface area contributed by atoms with E-state index in [1.165, 1.54) is 42.6 Å². The first kappa shape index (κ1) is 29.0. The molecule has 0 radical (unpaired) electrons. The number of hydrogen-bond donors (Lipinski definition) is 1. The summed E-state index contributed by atoms with van der Waals surface area (Å²) in [7, 11) is 1.62. The minimum absolute atomic E-state index is 0.0298. The molecule has 2 aliphatic heterocycles. The normalized spacial score (nSPS) is 18.0. The van der Waals surface area contributed by atoms with Crippen molar-refractivity contribution < 1.29 is 28.9 Å². The zero-order valence-electron chi connectivity index (χ0n) is 24.1. The number of ether oxygens (including phenoxy) is 3. The Hall–Kier alpha value is -3.52. The highest BCUT2D eigenvalue weighted by Crippen LogP contribution is 2.37. The lowest BCUT2D eigenvalue weighted by Crippen LogP contribution is -2.34. The van der Waals surface area contributed by atoms with Crippen molar-refractivity contribution in [1.82, 2.24) is 9.80 Å². The molecule has 1 saturated heterocycles. The molecule has 1 aliphatic carbocycles. The van der Waals surface area contributed by atoms with Crippen LogP contribution in [0.2, 0.25) is 0 Å². The minimum atomic E-state index is -0.144. The van der Waals surface area contributed by atoms with Gasteiger partial charge in [0.15, 0.2) is 11.5 Å². The standard InChI is InChI=1S/C33H42N2O6/c1-23(36)18-28(26-9-11-29-27(20-26)14-16-40-29)34(21-24-6-4-3-5-7-24)22-25-8-10-30(31(19-25)39-2)41-17-15-35-32(37)12-13-33(35)38/h8-11,19-20,24,28,36H,1,3-7,12-18,21-22H2,2H3. The third-order valence-corrected chi connectivity index (χ3v) is 8.53. The molecule has 2 amide bonds. The largest absolute Gasteiger partial charge is 0.513 e. The van der Waals surface area contributed by atoms with Crippen LogP contribution in [0.1, 0.15) is 74.1 Å². The molecular weight excluding hydrogens is 520 g/mol. The first-order valence-corrected chi connectivity index (χ1v) is 14.9. The van der Waals surface area contributed by atoms with Gasteiger partial charge in [-0.1, -0.05) is 44.0 Å². The lowest BCUT2D eigenvalue weighted by Gasteiger charge is -2.36. The number of nitrogens with zero attached hydrogens (tertiary/aromatic N) is 2. The smallest absolute Gasteiger partial charge is 0.229 e. The van der Waals surface area contributed by atoms with Gasteiger partial charge in [-0.3, -0.25) is 19.4 Å². The Bertz CT molecular complexity index is 1240. The number of aliphatic hydroxyl groups is 1. The molecule has 2 fully saturated rings. The van der Waals surface area contributed by atoms with Gasteiger partial charge < -0.3 is 19.3 Å². The molecular formula is C33H42N2O6. The van der Waals surface area contributed by atoms with Crippen molar-refractivity contribution in [3.05, 3.63) is 65.4 Å². The van der Waals surface area contributed by atoms with Crippen LogP contribution in [-0.4, -0.2) is 60.1 Å². The fraction of sp³-hybridized carbons (Fsp3) is 0.515. The topological polar surface area (TPSA) is 88.5 Å². The number of methoxy groups -OCH3 is 1. The Morgan fingerprint density at radius 1 is 1.07 bits per heavy atom. The second-order valence-corrected chi connectivity index (χ2v) is 11.5. The maximum atomic E-state index is 11.9. The van der Waals surface area contributed by atoms with Crippen LogP contribution >= 0.6 is 0 Å². The van der Waals surface area contributed by atoms with E-state index in [9.17, 15) is 14.7 Å². The Kier molecular flexibility index (Phi) is 9.49. The highest BCUT2D eigenvalue weighted by atomic mass is 16.5. The van der Waals surface area contributed by atoms with Crippen LogP contribution in [0.5, 0.6) is 17.2 Å². The highest BCUT2D eigenvalue weighted by Gasteiger charge is 2.29. The zero-order valence-corrected chi connectivity index (χ0v) is 24.1. The number of rotatable bonds is 13. The van der Waals surface area contributed by atoms with Crippen LogP contribution in [-0.2, 0) is 22.6 Å². The van der Waals surface area contributed by atoms with Gasteiger partial charge in [-0.15, -0.1) is 0 Å². The quantitative estimate of drug-likeness (QED) is 0.246. The summed E-state index contributed by atoms with van der Waals surface area (Å²) < 4.78 is 17.4. The molecule has 5 rings (SSSR count). The molecule has 2 aromatic carbocycles. The molecule has 41 heavy (non-hydrogen) atoms. The summed E-state index contributed by atoms with van der Waals surface area (Å²) >= 11 is 0. The van der Waals surface area contributed by atoms with Gasteiger partial charge in [0.05, 0.1) is 26.0 Å². The van der Waals surface area contributed by atoms with Gasteiger partial charge in [-0.2, -0.15) is 0 Å². The highest BCUT2D eigenvalue weighted by molar-refractivity contribution is 6.01. The number of carbonyl (C=O) groups excluding carboxylic acids is 2. The minimum Gasteiger partial charge on any atom is -0.513 e. The van der Waals surface area contributed by atoms with Crippen molar-refractivity contribution in [3.8, 4) is 17.2 Å². The van der Waals surface area contributed by atoms with E-state index in [1.807, 2.05) is 18.2 Å². The molecule has 1 atom stereocenters. The first-order chi connectivity index (χ1) is 19.9. The Labute approximate surface area is 242 Å². The number of hydrogen-bond acceptors (Lipinski definition) is 7. The number of amides is 2. The Morgan fingerprint density at radius 2 is 1.85 bits per heavy atom. The lowest BCUT2D eigenvalue weighted by molar-refractivity contribution is -0.138. The Morgan fingerprint density at radius 3 is 2.59 bits per heavy atom. The van der Waals surface area contributed by atoms with Crippen molar-refractivity contribution in [1.29, 1.82) is 0 Å². The van der Waals surface area contributed by atoms with E-state index < -0.39 is 0 Å². The molecule has 8 heteroatoms. The van der Waals surface area contributed by atoms with Gasteiger partial charge >= 0.3 is 0 Å². The van der Waals surface area contributed by atoms with Crippen LogP contribution in [0, 0.1) is 5.92 Å². The van der Waals surface area contributed by atoms with Crippen LogP contribution in [0.15, 0.2) is 48.7 Å². The molecule has 8 nitrogen and oxygen atoms in total. The summed E-state index contributed by atoms with van der Waals surface area (Å²) in [6, 6.07) is 12.3. The van der Waals surface area contributed by atoms with Crippen molar-refractivity contribution >= 4 is 11.8 Å². The summed E-state index contributed by atoms with van der Waals surface area (Å²) in [5.41, 5.74) is 3.46. The number of likely N-dealkylation sites (tertiary alicyclic amines) is 1. The van der Waals surface area contributed by atoms with Crippen molar-refractivity contribution in [3.63, 3.8) is 0 Å². The first-order valence-electron chi connectivity index (χ1n) is 14.9. The molecule has 0 spiro atoms. The maximum absolute atomic E-state index is 11.9. The molecule has 2 heterocycles. The van der Waals surface area contributed by atoms with E-state index in [4.69, 9.17) is 14.2 Å². The third-order valence-electron chi connectivity index (χ3n) is 8.53. The van der Waals surface area contributed by atoms with E-state index in [0.29, 0.717) is 37.0 Å². The van der Waals surface area contributed by atoms with Crippen molar-refractivity contribution in [2.75, 3.05) is 33.4 Å². The molecule has 220 valence electrons. The van der Waals surface area contributed by atoms with Crippen LogP contribution in [0.3, 0.4) is 0 Å². The monoisotopic (exact) mass is 562 g/mol. The summed E-state index contributed by atoms with van der Waals surface area (Å²) in [6.45, 7) is 6.62. The van der Waals surface area contributed by atoms with Crippen LogP contribution in [0.25, 0.3) is 0 Å². The van der Waals surface area contributed by atoms with E-state index in [0.717, 1.165) is 29.8 Å². The molecule has 0 aromatic heterocycles. The molecule has 1 N–H and O–H groups in total. The summed E-state index contributed by atoms with van der Waals surface area (Å²) in [5, 5.41) is 10.4. The second-order valence-electron chi connectivity index (χ2n) is 11.5. The zero-order chi connectivity index (χ0) is 28.8. The lowest BCUT2D eigenvalue weighted by atomic mass is 9.87. The molecule has 1 saturated carbocycles. The SMILES string of the molecule is C=C(O)CC(c1ccc2c(c1)CCO2)N(Cc1ccc(OCCN2C(=O)CCC2=O)c(OC)c1)CC1CCCCC1. The maximum Gasteiger partial charge on any atom is 0.229 e. The van der Waals surface area contributed by atoms with Gasteiger partial charge in [-0.05, 0) is 53.6 Å². The average Bonchev–Trinajstić information content (AvgIpc) is 3.58. The molecule has 2 aromatic rings. The van der Waals surface area contributed by atoms with Gasteiger partial charge in [0.1, 0.15) is 12.4 Å². The number of carbonyl (C=O) groups is 2. The van der Waals surface area contributed by atoms with Crippen LogP contribution < -0.4 is 14.2 Å². The number of aliphatic hydroxyl groups excluding tert-OH is 1. The molecule has 3 aliphatic rings. The number of imide groups is 1. The molecule has 0 bridgehead atoms.